The van der Waals surface area contributed by atoms with Crippen LogP contribution < -0.4 is 10.6 Å². The smallest absolute Gasteiger partial charge is 0.257 e. The summed E-state index contributed by atoms with van der Waals surface area (Å²) in [6.45, 7) is 4.06. The molecular formula is C39H29N5O2. The van der Waals surface area contributed by atoms with E-state index in [0.717, 1.165) is 33.0 Å². The van der Waals surface area contributed by atoms with E-state index in [1.807, 2.05) is 111 Å². The van der Waals surface area contributed by atoms with Crippen molar-refractivity contribution in [1.82, 2.24) is 15.0 Å². The summed E-state index contributed by atoms with van der Waals surface area (Å²) < 4.78 is 0. The molecule has 0 aliphatic heterocycles. The molecule has 46 heavy (non-hydrogen) atoms. The van der Waals surface area contributed by atoms with Crippen molar-refractivity contribution < 1.29 is 9.59 Å². The molecule has 0 spiro atoms. The van der Waals surface area contributed by atoms with E-state index in [0.29, 0.717) is 45.2 Å². The van der Waals surface area contributed by atoms with Crippen LogP contribution in [0.5, 0.6) is 0 Å². The number of hydrogen-bond donors (Lipinski definition) is 2. The maximum atomic E-state index is 13.7. The van der Waals surface area contributed by atoms with Crippen LogP contribution in [0.4, 0.5) is 11.6 Å². The van der Waals surface area contributed by atoms with Gasteiger partial charge in [-0.25, -0.2) is 15.0 Å². The topological polar surface area (TPSA) is 96.9 Å². The first-order valence-corrected chi connectivity index (χ1v) is 14.9. The molecule has 0 radical (unpaired) electrons. The summed E-state index contributed by atoms with van der Waals surface area (Å²) in [4.78, 5) is 41.5. The minimum absolute atomic E-state index is 0.306. The molecule has 7 rings (SSSR count). The maximum Gasteiger partial charge on any atom is 0.257 e. The first-order valence-electron chi connectivity index (χ1n) is 14.9. The first kappa shape index (κ1) is 28.6. The average Bonchev–Trinajstić information content (AvgIpc) is 3.08. The van der Waals surface area contributed by atoms with Crippen molar-refractivity contribution in [2.45, 2.75) is 13.8 Å². The highest BCUT2D eigenvalue weighted by Crippen LogP contribution is 2.28. The molecular weight excluding hydrogens is 570 g/mol. The van der Waals surface area contributed by atoms with Gasteiger partial charge in [-0.05, 0) is 50.2 Å². The van der Waals surface area contributed by atoms with Gasteiger partial charge >= 0.3 is 0 Å². The fourth-order valence-electron chi connectivity index (χ4n) is 5.41. The van der Waals surface area contributed by atoms with Gasteiger partial charge in [-0.1, -0.05) is 102 Å². The van der Waals surface area contributed by atoms with Gasteiger partial charge in [0, 0.05) is 21.9 Å². The third-order valence-electron chi connectivity index (χ3n) is 7.85. The monoisotopic (exact) mass is 599 g/mol. The number of carbonyl (C=O) groups is 2. The van der Waals surface area contributed by atoms with Crippen molar-refractivity contribution in [3.63, 3.8) is 0 Å². The summed E-state index contributed by atoms with van der Waals surface area (Å²) in [6.07, 6.45) is 0. The second kappa shape index (κ2) is 12.1. The van der Waals surface area contributed by atoms with Crippen molar-refractivity contribution in [3.05, 3.63) is 150 Å². The summed E-state index contributed by atoms with van der Waals surface area (Å²) >= 11 is 0. The molecule has 0 saturated carbocycles. The Hall–Kier alpha value is -6.21. The molecule has 0 bridgehead atoms. The summed E-state index contributed by atoms with van der Waals surface area (Å²) in [7, 11) is 0. The number of amides is 2. The summed E-state index contributed by atoms with van der Waals surface area (Å²) in [5.41, 5.74) is 7.91. The fraction of sp³-hybridized carbons (Fsp3) is 0.0513. The summed E-state index contributed by atoms with van der Waals surface area (Å²) in [5.74, 6) is -0.0439. The first-order chi connectivity index (χ1) is 22.4. The zero-order valence-electron chi connectivity index (χ0n) is 25.3. The van der Waals surface area contributed by atoms with Gasteiger partial charge in [0.2, 0.25) is 0 Å². The highest BCUT2D eigenvalue weighted by atomic mass is 16.2. The van der Waals surface area contributed by atoms with Crippen molar-refractivity contribution in [3.8, 4) is 22.5 Å². The van der Waals surface area contributed by atoms with Crippen LogP contribution in [0.2, 0.25) is 0 Å². The largest absolute Gasteiger partial charge is 0.306 e. The number of anilines is 2. The van der Waals surface area contributed by atoms with Gasteiger partial charge in [0.1, 0.15) is 11.6 Å². The van der Waals surface area contributed by atoms with Crippen LogP contribution in [0.15, 0.2) is 127 Å². The van der Waals surface area contributed by atoms with Crippen molar-refractivity contribution in [2.75, 3.05) is 10.6 Å². The number of para-hydroxylation sites is 2. The van der Waals surface area contributed by atoms with E-state index >= 15 is 0 Å². The molecule has 7 aromatic rings. The fourth-order valence-corrected chi connectivity index (χ4v) is 5.41. The van der Waals surface area contributed by atoms with Gasteiger partial charge in [0.15, 0.2) is 0 Å². The normalized spacial score (nSPS) is 11.0. The Kier molecular flexibility index (Phi) is 7.48. The van der Waals surface area contributed by atoms with E-state index in [9.17, 15) is 9.59 Å². The minimum atomic E-state index is -0.328. The van der Waals surface area contributed by atoms with E-state index in [4.69, 9.17) is 9.97 Å². The molecule has 7 nitrogen and oxygen atoms in total. The lowest BCUT2D eigenvalue weighted by Gasteiger charge is -2.12. The predicted octanol–water partition coefficient (Wildman–Crippen LogP) is 8.63. The van der Waals surface area contributed by atoms with E-state index in [-0.39, 0.29) is 11.8 Å². The summed E-state index contributed by atoms with van der Waals surface area (Å²) in [5, 5.41) is 7.30. The van der Waals surface area contributed by atoms with Gasteiger partial charge in [-0.15, -0.1) is 0 Å². The second-order valence-electron chi connectivity index (χ2n) is 11.2. The molecule has 4 aromatic carbocycles. The Morgan fingerprint density at radius 1 is 0.478 bits per heavy atom. The molecule has 3 heterocycles. The number of aryl methyl sites for hydroxylation is 2. The molecule has 2 amide bonds. The third-order valence-corrected chi connectivity index (χ3v) is 7.85. The lowest BCUT2D eigenvalue weighted by Crippen LogP contribution is -2.17. The Labute approximate surface area is 266 Å². The Morgan fingerprint density at radius 3 is 1.33 bits per heavy atom. The van der Waals surface area contributed by atoms with Gasteiger partial charge in [0.25, 0.3) is 11.8 Å². The zero-order chi connectivity index (χ0) is 31.6. The van der Waals surface area contributed by atoms with E-state index in [1.165, 1.54) is 0 Å². The number of aromatic nitrogens is 3. The zero-order valence-corrected chi connectivity index (χ0v) is 25.3. The van der Waals surface area contributed by atoms with E-state index in [2.05, 4.69) is 15.6 Å². The molecule has 0 fully saturated rings. The standard InChI is InChI=1S/C39H29N5O2/c1-24-14-18-26(19-15-24)34-22-30(28-8-3-5-10-32(28)40-34)38(45)43-36-12-7-13-37(42-36)44-39(46)31-23-35(27-20-16-25(2)17-21-27)41-33-11-6-4-9-29(31)33/h3-23H,1-2H3,(H2,42,43,44,45,46). The number of pyridine rings is 3. The van der Waals surface area contributed by atoms with E-state index < -0.39 is 0 Å². The van der Waals surface area contributed by atoms with Gasteiger partial charge < -0.3 is 10.6 Å². The highest BCUT2D eigenvalue weighted by Gasteiger charge is 2.17. The van der Waals surface area contributed by atoms with Crippen LogP contribution in [0, 0.1) is 13.8 Å². The quantitative estimate of drug-likeness (QED) is 0.199. The molecule has 0 atom stereocenters. The average molecular weight is 600 g/mol. The molecule has 7 heteroatoms. The predicted molar refractivity (Wildman–Crippen MR) is 184 cm³/mol. The lowest BCUT2D eigenvalue weighted by atomic mass is 10.0. The van der Waals surface area contributed by atoms with Crippen LogP contribution in [-0.2, 0) is 0 Å². The van der Waals surface area contributed by atoms with Gasteiger partial charge in [0.05, 0.1) is 33.5 Å². The molecule has 2 N–H and O–H groups in total. The van der Waals surface area contributed by atoms with Crippen LogP contribution in [0.3, 0.4) is 0 Å². The maximum absolute atomic E-state index is 13.7. The third kappa shape index (κ3) is 5.81. The number of nitrogens with one attached hydrogen (secondary N) is 2. The van der Waals surface area contributed by atoms with Crippen molar-refractivity contribution in [1.29, 1.82) is 0 Å². The van der Waals surface area contributed by atoms with Crippen LogP contribution in [0.1, 0.15) is 31.8 Å². The van der Waals surface area contributed by atoms with Gasteiger partial charge in [-0.3, -0.25) is 9.59 Å². The van der Waals surface area contributed by atoms with Crippen molar-refractivity contribution >= 4 is 45.3 Å². The summed E-state index contributed by atoms with van der Waals surface area (Å²) in [6, 6.07) is 39.9. The Morgan fingerprint density at radius 2 is 0.891 bits per heavy atom. The Balaban J connectivity index is 1.17. The molecule has 3 aromatic heterocycles. The van der Waals surface area contributed by atoms with Crippen LogP contribution >= 0.6 is 0 Å². The molecule has 222 valence electrons. The Bertz CT molecular complexity index is 2100. The van der Waals surface area contributed by atoms with Gasteiger partial charge in [-0.2, -0.15) is 0 Å². The molecule has 0 unspecified atom stereocenters. The number of fused-ring (bicyclic) bond motifs is 2. The SMILES string of the molecule is Cc1ccc(-c2cc(C(=O)Nc3cccc(NC(=O)c4cc(-c5ccc(C)cc5)nc5ccccc45)n3)c3ccccc3n2)cc1. The number of nitrogens with zero attached hydrogens (tertiary/aromatic N) is 3. The van der Waals surface area contributed by atoms with Crippen LogP contribution in [-0.4, -0.2) is 26.8 Å². The minimum Gasteiger partial charge on any atom is -0.306 e. The molecule has 0 saturated heterocycles. The number of benzene rings is 4. The molecule has 0 aliphatic carbocycles. The van der Waals surface area contributed by atoms with Crippen molar-refractivity contribution in [2.24, 2.45) is 0 Å². The number of rotatable bonds is 6. The van der Waals surface area contributed by atoms with Crippen LogP contribution in [0.25, 0.3) is 44.3 Å². The number of carbonyl (C=O) groups excluding carboxylic acids is 2. The van der Waals surface area contributed by atoms with E-state index in [1.54, 1.807) is 30.3 Å². The highest BCUT2D eigenvalue weighted by molar-refractivity contribution is 6.14. The number of hydrogen-bond acceptors (Lipinski definition) is 5. The lowest BCUT2D eigenvalue weighted by molar-refractivity contribution is 0.102. The molecule has 0 aliphatic rings. The second-order valence-corrected chi connectivity index (χ2v) is 11.2.